The molecule has 0 heterocycles. The van der Waals surface area contributed by atoms with Gasteiger partial charge in [-0.2, -0.15) is 14.0 Å². The first-order chi connectivity index (χ1) is 4.45. The largest absolute Gasteiger partial charge is 0.394 e. The van der Waals surface area contributed by atoms with Gasteiger partial charge < -0.3 is 10.2 Å². The van der Waals surface area contributed by atoms with Crippen molar-refractivity contribution in [1.82, 2.24) is 0 Å². The second-order valence-corrected chi connectivity index (χ2v) is 2.46. The molecular formula is C3H7ClO6. The van der Waals surface area contributed by atoms with Gasteiger partial charge in [-0.05, 0) is 0 Å². The third-order valence-electron chi connectivity index (χ3n) is 0.600. The molecule has 0 rings (SSSR count). The molecule has 10 heavy (non-hydrogen) atoms. The van der Waals surface area contributed by atoms with Crippen LogP contribution < -0.4 is 14.0 Å². The van der Waals surface area contributed by atoms with Crippen molar-refractivity contribution in [2.45, 2.75) is 6.10 Å². The number of rotatable bonds is 4. The van der Waals surface area contributed by atoms with Crippen LogP contribution in [0.15, 0.2) is 0 Å². The number of hydrogen-bond donors (Lipinski definition) is 2. The average molecular weight is 175 g/mol. The van der Waals surface area contributed by atoms with Gasteiger partial charge in [0.15, 0.2) is 0 Å². The van der Waals surface area contributed by atoms with Gasteiger partial charge in [-0.1, -0.05) is 0 Å². The Balaban J connectivity index is 3.36. The maximum atomic E-state index is 9.65. The smallest absolute Gasteiger partial charge is 0.231 e. The Morgan fingerprint density at radius 3 is 2.20 bits per heavy atom. The van der Waals surface area contributed by atoms with Gasteiger partial charge in [-0.25, -0.2) is 0 Å². The van der Waals surface area contributed by atoms with Crippen LogP contribution in [0.5, 0.6) is 0 Å². The highest BCUT2D eigenvalue weighted by Gasteiger charge is 2.20. The minimum absolute atomic E-state index is 0.648. The summed E-state index contributed by atoms with van der Waals surface area (Å²) in [5.74, 6) is 0. The first kappa shape index (κ1) is 10.0. The van der Waals surface area contributed by atoms with Crippen molar-refractivity contribution in [3.05, 3.63) is 0 Å². The fourth-order valence-corrected chi connectivity index (χ4v) is 0.502. The summed E-state index contributed by atoms with van der Waals surface area (Å²) < 4.78 is 32.5. The van der Waals surface area contributed by atoms with Crippen molar-refractivity contribution in [3.8, 4) is 0 Å². The summed E-state index contributed by atoms with van der Waals surface area (Å²) in [7, 11) is -4.50. The third kappa shape index (κ3) is 6.17. The highest BCUT2D eigenvalue weighted by Crippen LogP contribution is 1.90. The van der Waals surface area contributed by atoms with Crippen molar-refractivity contribution < 1.29 is 38.7 Å². The van der Waals surface area contributed by atoms with Crippen LogP contribution >= 0.6 is 0 Å². The van der Waals surface area contributed by atoms with Crippen molar-refractivity contribution >= 4 is 0 Å². The summed E-state index contributed by atoms with van der Waals surface area (Å²) in [5.41, 5.74) is 0. The minimum atomic E-state index is -4.50. The van der Waals surface area contributed by atoms with E-state index in [1.165, 1.54) is 0 Å². The van der Waals surface area contributed by atoms with E-state index in [1.807, 2.05) is 0 Å². The predicted octanol–water partition coefficient (Wildman–Crippen LogP) is -4.75. The van der Waals surface area contributed by atoms with E-state index in [0.29, 0.717) is 0 Å². The van der Waals surface area contributed by atoms with E-state index >= 15 is 0 Å². The van der Waals surface area contributed by atoms with Crippen LogP contribution in [0.4, 0.5) is 0 Å². The second-order valence-electron chi connectivity index (χ2n) is 1.49. The van der Waals surface area contributed by atoms with Gasteiger partial charge in [-0.3, -0.25) is 0 Å². The van der Waals surface area contributed by atoms with Gasteiger partial charge in [0.25, 0.3) is 0 Å². The maximum absolute atomic E-state index is 9.65. The molecule has 0 amide bonds. The predicted molar refractivity (Wildman–Crippen MR) is 19.0 cm³/mol. The Labute approximate surface area is 59.0 Å². The Bertz CT molecular complexity index is 89.5. The molecule has 0 aliphatic rings. The minimum Gasteiger partial charge on any atom is -0.394 e. The van der Waals surface area contributed by atoms with Crippen molar-refractivity contribution in [3.63, 3.8) is 0 Å². The van der Waals surface area contributed by atoms with E-state index in [2.05, 4.69) is 4.29 Å². The number of halogens is 1. The molecule has 62 valence electrons. The Hall–Kier alpha value is 0.0500. The molecule has 1 atom stereocenters. The Morgan fingerprint density at radius 1 is 1.40 bits per heavy atom. The molecule has 0 radical (unpaired) electrons. The van der Waals surface area contributed by atoms with Gasteiger partial charge in [-0.15, -0.1) is 0 Å². The van der Waals surface area contributed by atoms with Gasteiger partial charge in [0.05, 0.1) is 21.1 Å². The SMILES string of the molecule is [O-][Cl+3]([O-])([O-])OCC(O)CO. The van der Waals surface area contributed by atoms with E-state index in [4.69, 9.17) is 10.2 Å². The van der Waals surface area contributed by atoms with E-state index in [-0.39, 0.29) is 0 Å². The van der Waals surface area contributed by atoms with E-state index < -0.39 is 29.6 Å². The van der Waals surface area contributed by atoms with Crippen LogP contribution in [0.2, 0.25) is 0 Å². The lowest BCUT2D eigenvalue weighted by Gasteiger charge is -2.13. The lowest BCUT2D eigenvalue weighted by Crippen LogP contribution is -2.61. The normalized spacial score (nSPS) is 15.3. The summed E-state index contributed by atoms with van der Waals surface area (Å²) in [4.78, 5) is 0. The zero-order chi connectivity index (χ0) is 8.20. The second kappa shape index (κ2) is 4.04. The molecule has 0 bridgehead atoms. The summed E-state index contributed by atoms with van der Waals surface area (Å²) in [6.07, 6.45) is -1.34. The fourth-order valence-electron chi connectivity index (χ4n) is 0.203. The zero-order valence-electron chi connectivity index (χ0n) is 4.90. The molecule has 0 aliphatic carbocycles. The molecule has 0 fully saturated rings. The summed E-state index contributed by atoms with van der Waals surface area (Å²) in [5, 5.41) is 16.5. The van der Waals surface area contributed by atoms with Crippen LogP contribution in [-0.4, -0.2) is 29.5 Å². The van der Waals surface area contributed by atoms with Crippen LogP contribution in [-0.2, 0) is 4.29 Å². The first-order valence-corrected chi connectivity index (χ1v) is 3.53. The molecule has 7 heteroatoms. The van der Waals surface area contributed by atoms with Crippen LogP contribution in [0.25, 0.3) is 0 Å². The standard InChI is InChI=1S/C3H7ClO6/c5-1-3(6)2-10-4(7,8)9/h3,5-6H,1-2H2. The van der Waals surface area contributed by atoms with E-state index in [0.717, 1.165) is 0 Å². The van der Waals surface area contributed by atoms with Crippen LogP contribution in [0, 0.1) is 10.2 Å². The highest BCUT2D eigenvalue weighted by molar-refractivity contribution is 4.45. The molecule has 2 N–H and O–H groups in total. The van der Waals surface area contributed by atoms with Gasteiger partial charge in [0, 0.05) is 0 Å². The quantitative estimate of drug-likeness (QED) is 0.442. The average Bonchev–Trinajstić information content (AvgIpc) is 1.81. The Kier molecular flexibility index (Phi) is 4.06. The molecule has 0 aromatic carbocycles. The molecule has 0 aliphatic heterocycles. The summed E-state index contributed by atoms with van der Waals surface area (Å²) in [6, 6.07) is 0. The molecule has 0 saturated carbocycles. The van der Waals surface area contributed by atoms with Crippen molar-refractivity contribution in [1.29, 1.82) is 0 Å². The molecule has 0 aromatic rings. The number of aliphatic hydroxyl groups is 2. The molecule has 0 aromatic heterocycles. The molecule has 0 saturated heterocycles. The molecule has 6 nitrogen and oxygen atoms in total. The van der Waals surface area contributed by atoms with Gasteiger partial charge in [0.2, 0.25) is 6.61 Å². The summed E-state index contributed by atoms with van der Waals surface area (Å²) >= 11 is 0. The van der Waals surface area contributed by atoms with E-state index in [9.17, 15) is 14.0 Å². The maximum Gasteiger partial charge on any atom is 0.231 e. The van der Waals surface area contributed by atoms with Crippen molar-refractivity contribution in [2.24, 2.45) is 0 Å². The molecule has 1 unspecified atom stereocenters. The summed E-state index contributed by atoms with van der Waals surface area (Å²) in [6.45, 7) is -1.37. The zero-order valence-corrected chi connectivity index (χ0v) is 5.65. The topological polar surface area (TPSA) is 119 Å². The molecular weight excluding hydrogens is 167 g/mol. The highest BCUT2D eigenvalue weighted by atomic mass is 35.7. The monoisotopic (exact) mass is 174 g/mol. The number of aliphatic hydroxyl groups excluding tert-OH is 2. The van der Waals surface area contributed by atoms with Crippen LogP contribution in [0.3, 0.4) is 0 Å². The van der Waals surface area contributed by atoms with Crippen molar-refractivity contribution in [2.75, 3.05) is 13.2 Å². The fraction of sp³-hybridized carbons (Fsp3) is 1.00. The lowest BCUT2D eigenvalue weighted by atomic mass is 10.4. The van der Waals surface area contributed by atoms with Gasteiger partial charge in [0.1, 0.15) is 6.10 Å². The third-order valence-corrected chi connectivity index (χ3v) is 0.993. The Morgan fingerprint density at radius 2 is 1.90 bits per heavy atom. The van der Waals surface area contributed by atoms with Crippen LogP contribution in [0.1, 0.15) is 0 Å². The number of hydrogen-bond acceptors (Lipinski definition) is 6. The molecule has 0 spiro atoms. The van der Waals surface area contributed by atoms with E-state index in [1.54, 1.807) is 0 Å². The first-order valence-electron chi connectivity index (χ1n) is 2.30. The lowest BCUT2D eigenvalue weighted by molar-refractivity contribution is -1.92. The van der Waals surface area contributed by atoms with Gasteiger partial charge >= 0.3 is 0 Å².